The Hall–Kier alpha value is -1.49. The molecule has 0 bridgehead atoms. The monoisotopic (exact) mass is 213 g/mol. The van der Waals surface area contributed by atoms with Gasteiger partial charge in [-0.1, -0.05) is 0 Å². The Morgan fingerprint density at radius 3 is 2.80 bits per heavy atom. The first-order valence-corrected chi connectivity index (χ1v) is 4.51. The van der Waals surface area contributed by atoms with Gasteiger partial charge in [-0.15, -0.1) is 0 Å². The fourth-order valence-electron chi connectivity index (χ4n) is 1.83. The largest absolute Gasteiger partial charge is 0.398 e. The lowest BCUT2D eigenvalue weighted by Crippen LogP contribution is -2.20. The summed E-state index contributed by atoms with van der Waals surface area (Å²) in [5.74, 6) is -2.67. The number of nitrogens with two attached hydrogens (primary N) is 1. The first-order chi connectivity index (χ1) is 7.02. The van der Waals surface area contributed by atoms with Crippen LogP contribution in [0.4, 0.5) is 14.5 Å². The standard InChI is InChI=1S/C10H9F2NO2/c11-4-3-5(13)8-6(14)1-2-7(15)9(8)10(4)12/h3,7,15H,1-2,13H2. The van der Waals surface area contributed by atoms with Crippen LogP contribution in [0.3, 0.4) is 0 Å². The fourth-order valence-corrected chi connectivity index (χ4v) is 1.83. The lowest BCUT2D eigenvalue weighted by atomic mass is 9.87. The van der Waals surface area contributed by atoms with Crippen LogP contribution >= 0.6 is 0 Å². The van der Waals surface area contributed by atoms with Gasteiger partial charge in [-0.05, 0) is 6.42 Å². The summed E-state index contributed by atoms with van der Waals surface area (Å²) < 4.78 is 26.3. The number of nitrogen functional groups attached to an aromatic ring is 1. The normalized spacial score (nSPS) is 20.2. The molecule has 3 N–H and O–H groups in total. The molecule has 0 amide bonds. The Balaban J connectivity index is 2.76. The van der Waals surface area contributed by atoms with Gasteiger partial charge in [-0.3, -0.25) is 4.79 Å². The fraction of sp³-hybridized carbons (Fsp3) is 0.300. The van der Waals surface area contributed by atoms with Gasteiger partial charge in [0.15, 0.2) is 17.4 Å². The molecule has 0 spiro atoms. The summed E-state index contributed by atoms with van der Waals surface area (Å²) in [5.41, 5.74) is 4.93. The molecule has 80 valence electrons. The van der Waals surface area contributed by atoms with E-state index in [1.54, 1.807) is 0 Å². The number of halogens is 2. The van der Waals surface area contributed by atoms with Crippen LogP contribution in [-0.2, 0) is 0 Å². The minimum Gasteiger partial charge on any atom is -0.398 e. The van der Waals surface area contributed by atoms with E-state index in [9.17, 15) is 18.7 Å². The maximum atomic E-state index is 13.3. The van der Waals surface area contributed by atoms with Crippen molar-refractivity contribution in [2.24, 2.45) is 0 Å². The van der Waals surface area contributed by atoms with Gasteiger partial charge in [0.1, 0.15) is 0 Å². The van der Waals surface area contributed by atoms with E-state index < -0.39 is 17.7 Å². The Morgan fingerprint density at radius 2 is 2.13 bits per heavy atom. The van der Waals surface area contributed by atoms with Crippen molar-refractivity contribution in [3.8, 4) is 0 Å². The molecule has 3 nitrogen and oxygen atoms in total. The summed E-state index contributed by atoms with van der Waals surface area (Å²) in [7, 11) is 0. The molecule has 1 atom stereocenters. The molecule has 5 heteroatoms. The van der Waals surface area contributed by atoms with Crippen molar-refractivity contribution in [1.82, 2.24) is 0 Å². The summed E-state index contributed by atoms with van der Waals surface area (Å²) in [4.78, 5) is 11.4. The molecular weight excluding hydrogens is 204 g/mol. The van der Waals surface area contributed by atoms with Gasteiger partial charge in [-0.2, -0.15) is 0 Å². The lowest BCUT2D eigenvalue weighted by molar-refractivity contribution is 0.0889. The minimum atomic E-state index is -1.18. The quantitative estimate of drug-likeness (QED) is 0.643. The average molecular weight is 213 g/mol. The SMILES string of the molecule is Nc1cc(F)c(F)c2c1C(=O)CCC2O. The van der Waals surface area contributed by atoms with Crippen molar-refractivity contribution in [3.05, 3.63) is 28.8 Å². The van der Waals surface area contributed by atoms with Crippen molar-refractivity contribution in [3.63, 3.8) is 0 Å². The van der Waals surface area contributed by atoms with Crippen molar-refractivity contribution < 1.29 is 18.7 Å². The molecule has 15 heavy (non-hydrogen) atoms. The molecule has 0 aliphatic heterocycles. The molecule has 1 aliphatic carbocycles. The second-order valence-corrected chi connectivity index (χ2v) is 3.53. The second kappa shape index (κ2) is 3.27. The van der Waals surface area contributed by atoms with Gasteiger partial charge in [-0.25, -0.2) is 8.78 Å². The third-order valence-corrected chi connectivity index (χ3v) is 2.54. The number of hydrogen-bond acceptors (Lipinski definition) is 3. The molecule has 0 saturated heterocycles. The van der Waals surface area contributed by atoms with Crippen LogP contribution in [0, 0.1) is 11.6 Å². The molecule has 1 aliphatic rings. The summed E-state index contributed by atoms with van der Waals surface area (Å²) in [5, 5.41) is 9.49. The highest BCUT2D eigenvalue weighted by atomic mass is 19.2. The molecular formula is C10H9F2NO2. The van der Waals surface area contributed by atoms with E-state index in [-0.39, 0.29) is 35.4 Å². The molecule has 1 aromatic carbocycles. The third-order valence-electron chi connectivity index (χ3n) is 2.54. The number of rotatable bonds is 0. The van der Waals surface area contributed by atoms with Crippen LogP contribution in [0.5, 0.6) is 0 Å². The number of ketones is 1. The van der Waals surface area contributed by atoms with E-state index in [0.29, 0.717) is 0 Å². The van der Waals surface area contributed by atoms with Crippen molar-refractivity contribution in [2.75, 3.05) is 5.73 Å². The minimum absolute atomic E-state index is 0.0762. The number of aliphatic hydroxyl groups excluding tert-OH is 1. The van der Waals surface area contributed by atoms with Crippen LogP contribution < -0.4 is 5.73 Å². The summed E-state index contributed by atoms with van der Waals surface area (Å²) >= 11 is 0. The number of Topliss-reactive ketones (excluding diaryl/α,β-unsaturated/α-hetero) is 1. The number of fused-ring (bicyclic) bond motifs is 1. The first kappa shape index (κ1) is 10.0. The second-order valence-electron chi connectivity index (χ2n) is 3.53. The van der Waals surface area contributed by atoms with Crippen LogP contribution in [0.15, 0.2) is 6.07 Å². The van der Waals surface area contributed by atoms with Gasteiger partial charge in [0.05, 0.1) is 6.10 Å². The predicted molar refractivity (Wildman–Crippen MR) is 49.3 cm³/mol. The van der Waals surface area contributed by atoms with Gasteiger partial charge in [0, 0.05) is 29.3 Å². The van der Waals surface area contributed by atoms with Crippen molar-refractivity contribution in [1.29, 1.82) is 0 Å². The zero-order chi connectivity index (χ0) is 11.2. The van der Waals surface area contributed by atoms with Crippen molar-refractivity contribution >= 4 is 11.5 Å². The van der Waals surface area contributed by atoms with E-state index in [2.05, 4.69) is 0 Å². The number of anilines is 1. The lowest BCUT2D eigenvalue weighted by Gasteiger charge is -2.22. The maximum absolute atomic E-state index is 13.3. The molecule has 1 unspecified atom stereocenters. The highest BCUT2D eigenvalue weighted by Crippen LogP contribution is 2.35. The van der Waals surface area contributed by atoms with Crippen LogP contribution in [0.25, 0.3) is 0 Å². The molecule has 0 radical (unpaired) electrons. The van der Waals surface area contributed by atoms with Crippen LogP contribution in [0.2, 0.25) is 0 Å². The van der Waals surface area contributed by atoms with Gasteiger partial charge >= 0.3 is 0 Å². The summed E-state index contributed by atoms with van der Waals surface area (Å²) in [6.45, 7) is 0. The molecule has 0 aromatic heterocycles. The molecule has 1 aromatic rings. The number of carbonyl (C=O) groups is 1. The van der Waals surface area contributed by atoms with Crippen LogP contribution in [0.1, 0.15) is 34.9 Å². The predicted octanol–water partition coefficient (Wildman–Crippen LogP) is 1.56. The Bertz CT molecular complexity index is 446. The number of carbonyl (C=O) groups excluding carboxylic acids is 1. The molecule has 2 rings (SSSR count). The molecule has 0 heterocycles. The van der Waals surface area contributed by atoms with Crippen LogP contribution in [-0.4, -0.2) is 10.9 Å². The average Bonchev–Trinajstić information content (AvgIpc) is 2.18. The van der Waals surface area contributed by atoms with E-state index in [0.717, 1.165) is 6.07 Å². The Morgan fingerprint density at radius 1 is 1.47 bits per heavy atom. The Labute approximate surface area is 84.5 Å². The molecule has 0 fully saturated rings. The van der Waals surface area contributed by atoms with E-state index in [1.807, 2.05) is 0 Å². The number of aliphatic hydroxyl groups is 1. The number of benzene rings is 1. The van der Waals surface area contributed by atoms with E-state index in [4.69, 9.17) is 5.73 Å². The zero-order valence-corrected chi connectivity index (χ0v) is 7.76. The Kier molecular flexibility index (Phi) is 2.19. The van der Waals surface area contributed by atoms with Gasteiger partial charge < -0.3 is 10.8 Å². The summed E-state index contributed by atoms with van der Waals surface area (Å²) in [6.07, 6.45) is -0.953. The topological polar surface area (TPSA) is 63.3 Å². The first-order valence-electron chi connectivity index (χ1n) is 4.51. The van der Waals surface area contributed by atoms with Gasteiger partial charge in [0.2, 0.25) is 0 Å². The molecule has 0 saturated carbocycles. The van der Waals surface area contributed by atoms with E-state index in [1.165, 1.54) is 0 Å². The highest BCUT2D eigenvalue weighted by molar-refractivity contribution is 6.03. The smallest absolute Gasteiger partial charge is 0.165 e. The third kappa shape index (κ3) is 1.39. The highest BCUT2D eigenvalue weighted by Gasteiger charge is 2.31. The number of hydrogen-bond donors (Lipinski definition) is 2. The summed E-state index contributed by atoms with van der Waals surface area (Å²) in [6, 6.07) is 0.768. The van der Waals surface area contributed by atoms with Gasteiger partial charge in [0.25, 0.3) is 0 Å². The zero-order valence-electron chi connectivity index (χ0n) is 7.76. The maximum Gasteiger partial charge on any atom is 0.165 e. The van der Waals surface area contributed by atoms with Crippen molar-refractivity contribution in [2.45, 2.75) is 18.9 Å². The van der Waals surface area contributed by atoms with E-state index >= 15 is 0 Å².